The Morgan fingerprint density at radius 3 is 2.31 bits per heavy atom. The van der Waals surface area contributed by atoms with Crippen molar-refractivity contribution in [3.05, 3.63) is 88.7 Å². The lowest BCUT2D eigenvalue weighted by molar-refractivity contribution is 0.0948. The maximum atomic E-state index is 12.9. The van der Waals surface area contributed by atoms with Crippen molar-refractivity contribution in [2.75, 3.05) is 4.72 Å². The largest absolute Gasteiger partial charge is 0.506 e. The molecular formula is C20H16ClFN2O4S. The van der Waals surface area contributed by atoms with Crippen molar-refractivity contribution >= 4 is 33.2 Å². The predicted molar refractivity (Wildman–Crippen MR) is 108 cm³/mol. The number of sulfonamides is 1. The van der Waals surface area contributed by atoms with Crippen molar-refractivity contribution in [1.82, 2.24) is 5.32 Å². The predicted octanol–water partition coefficient (Wildman–Crippen LogP) is 3.92. The number of para-hydroxylation sites is 1. The standard InChI is InChI=1S/C20H16ClFN2O4S/c21-18-3-1-2-17(19(18)25)20(26)23-12-13-4-10-16(11-5-13)29(27,28)24-15-8-6-14(22)7-9-15/h1-11,24-25H,12H2,(H,23,26). The summed E-state index contributed by atoms with van der Waals surface area (Å²) >= 11 is 5.79. The minimum absolute atomic E-state index is 0.0180. The molecular weight excluding hydrogens is 419 g/mol. The van der Waals surface area contributed by atoms with Crippen LogP contribution in [0.1, 0.15) is 15.9 Å². The van der Waals surface area contributed by atoms with Crippen LogP contribution in [0.2, 0.25) is 5.02 Å². The van der Waals surface area contributed by atoms with Crippen molar-refractivity contribution < 1.29 is 22.7 Å². The first-order valence-corrected chi connectivity index (χ1v) is 10.3. The summed E-state index contributed by atoms with van der Waals surface area (Å²) in [6, 6.07) is 15.3. The molecule has 3 rings (SSSR count). The van der Waals surface area contributed by atoms with Crippen molar-refractivity contribution in [2.45, 2.75) is 11.4 Å². The highest BCUT2D eigenvalue weighted by Crippen LogP contribution is 2.26. The van der Waals surface area contributed by atoms with Crippen LogP contribution in [0.5, 0.6) is 5.75 Å². The van der Waals surface area contributed by atoms with Gasteiger partial charge in [-0.2, -0.15) is 0 Å². The summed E-state index contributed by atoms with van der Waals surface area (Å²) in [5, 5.41) is 12.5. The maximum Gasteiger partial charge on any atom is 0.261 e. The molecule has 3 aromatic rings. The highest BCUT2D eigenvalue weighted by Gasteiger charge is 2.15. The first kappa shape index (κ1) is 20.6. The van der Waals surface area contributed by atoms with Crippen LogP contribution in [0, 0.1) is 5.82 Å². The van der Waals surface area contributed by atoms with E-state index in [9.17, 15) is 22.7 Å². The van der Waals surface area contributed by atoms with Gasteiger partial charge >= 0.3 is 0 Å². The van der Waals surface area contributed by atoms with E-state index in [1.165, 1.54) is 36.4 Å². The zero-order chi connectivity index (χ0) is 21.0. The van der Waals surface area contributed by atoms with Crippen LogP contribution in [-0.4, -0.2) is 19.4 Å². The van der Waals surface area contributed by atoms with Gasteiger partial charge in [-0.25, -0.2) is 12.8 Å². The van der Waals surface area contributed by atoms with Gasteiger partial charge in [0.1, 0.15) is 11.6 Å². The lowest BCUT2D eigenvalue weighted by Gasteiger charge is -2.10. The molecule has 0 spiro atoms. The smallest absolute Gasteiger partial charge is 0.261 e. The molecule has 1 amide bonds. The van der Waals surface area contributed by atoms with E-state index in [-0.39, 0.29) is 33.5 Å². The summed E-state index contributed by atoms with van der Waals surface area (Å²) < 4.78 is 40.1. The second-order valence-electron chi connectivity index (χ2n) is 6.08. The quantitative estimate of drug-likeness (QED) is 0.548. The second kappa shape index (κ2) is 8.50. The minimum Gasteiger partial charge on any atom is -0.506 e. The first-order valence-electron chi connectivity index (χ1n) is 8.39. The number of phenols is 1. The Bertz CT molecular complexity index is 1130. The molecule has 29 heavy (non-hydrogen) atoms. The van der Waals surface area contributed by atoms with Crippen LogP contribution in [0.15, 0.2) is 71.6 Å². The molecule has 0 aliphatic heterocycles. The molecule has 0 unspecified atom stereocenters. The fourth-order valence-electron chi connectivity index (χ4n) is 2.49. The lowest BCUT2D eigenvalue weighted by Crippen LogP contribution is -2.23. The van der Waals surface area contributed by atoms with Crippen LogP contribution in [-0.2, 0) is 16.6 Å². The molecule has 0 aromatic heterocycles. The average Bonchev–Trinajstić information content (AvgIpc) is 2.70. The molecule has 0 fully saturated rings. The van der Waals surface area contributed by atoms with Gasteiger partial charge in [0.25, 0.3) is 15.9 Å². The third kappa shape index (κ3) is 5.04. The molecule has 0 saturated heterocycles. The molecule has 6 nitrogen and oxygen atoms in total. The highest BCUT2D eigenvalue weighted by atomic mass is 35.5. The average molecular weight is 435 g/mol. The van der Waals surface area contributed by atoms with E-state index < -0.39 is 21.7 Å². The molecule has 0 atom stereocenters. The topological polar surface area (TPSA) is 95.5 Å². The number of halogens is 2. The molecule has 0 aliphatic carbocycles. The van der Waals surface area contributed by atoms with Gasteiger partial charge in [-0.15, -0.1) is 0 Å². The Kier molecular flexibility index (Phi) is 6.05. The summed E-state index contributed by atoms with van der Waals surface area (Å²) in [5.74, 6) is -1.29. The summed E-state index contributed by atoms with van der Waals surface area (Å²) in [6.45, 7) is 0.122. The number of phenolic OH excluding ortho intramolecular Hbond substituents is 1. The van der Waals surface area contributed by atoms with Gasteiger partial charge in [-0.05, 0) is 54.1 Å². The maximum absolute atomic E-state index is 12.9. The molecule has 0 radical (unpaired) electrons. The fraction of sp³-hybridized carbons (Fsp3) is 0.0500. The van der Waals surface area contributed by atoms with E-state index in [1.807, 2.05) is 0 Å². The number of aromatic hydroxyl groups is 1. The zero-order valence-electron chi connectivity index (χ0n) is 14.9. The van der Waals surface area contributed by atoms with Crippen LogP contribution < -0.4 is 10.0 Å². The van der Waals surface area contributed by atoms with Gasteiger partial charge in [0.2, 0.25) is 0 Å². The molecule has 0 heterocycles. The number of hydrogen-bond donors (Lipinski definition) is 3. The Balaban J connectivity index is 1.66. The van der Waals surface area contributed by atoms with Gasteiger partial charge in [0, 0.05) is 12.2 Å². The van der Waals surface area contributed by atoms with Crippen LogP contribution >= 0.6 is 11.6 Å². The molecule has 3 aromatic carbocycles. The zero-order valence-corrected chi connectivity index (χ0v) is 16.5. The Hall–Kier alpha value is -3.10. The van der Waals surface area contributed by atoms with E-state index in [2.05, 4.69) is 10.0 Å². The number of carbonyl (C=O) groups is 1. The number of benzene rings is 3. The fourth-order valence-corrected chi connectivity index (χ4v) is 3.73. The number of carbonyl (C=O) groups excluding carboxylic acids is 1. The van der Waals surface area contributed by atoms with E-state index >= 15 is 0 Å². The van der Waals surface area contributed by atoms with Crippen molar-refractivity contribution in [1.29, 1.82) is 0 Å². The molecule has 9 heteroatoms. The third-order valence-electron chi connectivity index (χ3n) is 4.01. The van der Waals surface area contributed by atoms with Gasteiger partial charge in [0.15, 0.2) is 0 Å². The summed E-state index contributed by atoms with van der Waals surface area (Å²) in [6.07, 6.45) is 0. The van der Waals surface area contributed by atoms with Crippen LogP contribution in [0.3, 0.4) is 0 Å². The number of nitrogens with one attached hydrogen (secondary N) is 2. The third-order valence-corrected chi connectivity index (χ3v) is 5.72. The molecule has 0 saturated carbocycles. The van der Waals surface area contributed by atoms with Gasteiger partial charge in [-0.3, -0.25) is 9.52 Å². The minimum atomic E-state index is -3.84. The first-order chi connectivity index (χ1) is 13.8. The Morgan fingerprint density at radius 2 is 1.66 bits per heavy atom. The molecule has 150 valence electrons. The number of rotatable bonds is 6. The van der Waals surface area contributed by atoms with E-state index in [4.69, 9.17) is 11.6 Å². The van der Waals surface area contributed by atoms with E-state index in [0.717, 1.165) is 12.1 Å². The normalized spacial score (nSPS) is 11.1. The number of hydrogen-bond acceptors (Lipinski definition) is 4. The molecule has 0 bridgehead atoms. The second-order valence-corrected chi connectivity index (χ2v) is 8.16. The van der Waals surface area contributed by atoms with Crippen molar-refractivity contribution in [2.24, 2.45) is 0 Å². The SMILES string of the molecule is O=C(NCc1ccc(S(=O)(=O)Nc2ccc(F)cc2)cc1)c1cccc(Cl)c1O. The molecule has 3 N–H and O–H groups in total. The molecule has 0 aliphatic rings. The Morgan fingerprint density at radius 1 is 1.00 bits per heavy atom. The van der Waals surface area contributed by atoms with Crippen LogP contribution in [0.25, 0.3) is 0 Å². The highest BCUT2D eigenvalue weighted by molar-refractivity contribution is 7.92. The lowest BCUT2D eigenvalue weighted by atomic mass is 10.1. The Labute approximate surface area is 172 Å². The number of anilines is 1. The van der Waals surface area contributed by atoms with Crippen molar-refractivity contribution in [3.8, 4) is 5.75 Å². The summed E-state index contributed by atoms with van der Waals surface area (Å²) in [4.78, 5) is 12.2. The monoisotopic (exact) mass is 434 g/mol. The number of amides is 1. The van der Waals surface area contributed by atoms with E-state index in [1.54, 1.807) is 18.2 Å². The van der Waals surface area contributed by atoms with Crippen molar-refractivity contribution in [3.63, 3.8) is 0 Å². The van der Waals surface area contributed by atoms with E-state index in [0.29, 0.717) is 5.56 Å². The van der Waals surface area contributed by atoms with Crippen LogP contribution in [0.4, 0.5) is 10.1 Å². The van der Waals surface area contributed by atoms with Gasteiger partial charge in [0.05, 0.1) is 15.5 Å². The summed E-state index contributed by atoms with van der Waals surface area (Å²) in [5.41, 5.74) is 0.935. The summed E-state index contributed by atoms with van der Waals surface area (Å²) in [7, 11) is -3.84. The van der Waals surface area contributed by atoms with Gasteiger partial charge in [-0.1, -0.05) is 29.8 Å². The van der Waals surface area contributed by atoms with Gasteiger partial charge < -0.3 is 10.4 Å².